The Kier molecular flexibility index (Phi) is 4.89. The minimum Gasteiger partial charge on any atom is -0.390 e. The Labute approximate surface area is 103 Å². The fourth-order valence-corrected chi connectivity index (χ4v) is 1.16. The molecule has 0 aliphatic carbocycles. The number of hydrogen-bond acceptors (Lipinski definition) is 7. The molecule has 0 bridgehead atoms. The third kappa shape index (κ3) is 4.81. The van der Waals surface area contributed by atoms with Crippen molar-refractivity contribution in [3.8, 4) is 0 Å². The van der Waals surface area contributed by atoms with Gasteiger partial charge in [-0.1, -0.05) is 31.0 Å². The van der Waals surface area contributed by atoms with Gasteiger partial charge < -0.3 is 4.74 Å². The molecule has 0 aromatic heterocycles. The lowest BCUT2D eigenvalue weighted by Crippen LogP contribution is -2.21. The molecule has 0 atom stereocenters. The van der Waals surface area contributed by atoms with Crippen LogP contribution in [0.2, 0.25) is 0 Å². The summed E-state index contributed by atoms with van der Waals surface area (Å²) in [7, 11) is 0. The van der Waals surface area contributed by atoms with Crippen molar-refractivity contribution in [1.29, 1.82) is 0 Å². The van der Waals surface area contributed by atoms with E-state index in [0.29, 0.717) is 0 Å². The van der Waals surface area contributed by atoms with E-state index in [4.69, 9.17) is 11.6 Å². The molecule has 17 heavy (non-hydrogen) atoms. The normalized spacial score (nSPS) is 16.6. The molecule has 1 aliphatic heterocycles. The van der Waals surface area contributed by atoms with Crippen LogP contribution in [-0.2, 0) is 14.3 Å². The third-order valence-corrected chi connectivity index (χ3v) is 2.01. The molecular formula is C9H11ClN4O3. The number of carbonyl (C=O) groups is 2. The van der Waals surface area contributed by atoms with Crippen LogP contribution in [-0.4, -0.2) is 17.1 Å². The second-order valence-corrected chi connectivity index (χ2v) is 3.86. The van der Waals surface area contributed by atoms with Gasteiger partial charge in [-0.2, -0.15) is 0 Å². The number of unbranched alkanes of at least 4 members (excludes halogenated alkanes) is 1. The fourth-order valence-electron chi connectivity index (χ4n) is 0.980. The fraction of sp³-hybridized carbons (Fsp3) is 0.556. The van der Waals surface area contributed by atoms with E-state index >= 15 is 0 Å². The summed E-state index contributed by atoms with van der Waals surface area (Å²) in [5.74, 6) is -1.57. The largest absolute Gasteiger partial charge is 0.390 e. The van der Waals surface area contributed by atoms with Gasteiger partial charge in [0.25, 0.3) is 5.12 Å². The zero-order valence-electron chi connectivity index (χ0n) is 9.17. The number of rotatable bonds is 5. The van der Waals surface area contributed by atoms with E-state index in [-0.39, 0.29) is 0 Å². The van der Waals surface area contributed by atoms with Crippen LogP contribution >= 0.6 is 11.6 Å². The van der Waals surface area contributed by atoms with Crippen molar-refractivity contribution in [2.75, 3.05) is 0 Å². The maximum Gasteiger partial charge on any atom is 0.338 e. The second-order valence-electron chi connectivity index (χ2n) is 3.26. The Hall–Kier alpha value is -1.63. The lowest BCUT2D eigenvalue weighted by Gasteiger charge is -2.08. The first-order chi connectivity index (χ1) is 8.06. The van der Waals surface area contributed by atoms with Gasteiger partial charge in [0.1, 0.15) is 6.42 Å². The SMILES string of the molecule is CCCC=CC(=O)OC(=O)CC1(Cl)N=NN=N1. The summed E-state index contributed by atoms with van der Waals surface area (Å²) >= 11 is 5.72. The molecule has 1 rings (SSSR count). The van der Waals surface area contributed by atoms with E-state index in [2.05, 4.69) is 25.4 Å². The van der Waals surface area contributed by atoms with Gasteiger partial charge in [0.05, 0.1) is 0 Å². The summed E-state index contributed by atoms with van der Waals surface area (Å²) in [5, 5.41) is 11.6. The van der Waals surface area contributed by atoms with Gasteiger partial charge in [-0.15, -0.1) is 10.2 Å². The lowest BCUT2D eigenvalue weighted by atomic mass is 10.3. The van der Waals surface area contributed by atoms with Gasteiger partial charge in [0, 0.05) is 6.08 Å². The summed E-state index contributed by atoms with van der Waals surface area (Å²) in [6.07, 6.45) is 4.07. The Morgan fingerprint density at radius 1 is 1.35 bits per heavy atom. The maximum atomic E-state index is 11.3. The summed E-state index contributed by atoms with van der Waals surface area (Å²) in [4.78, 5) is 22.4. The molecule has 0 aromatic carbocycles. The van der Waals surface area contributed by atoms with E-state index < -0.39 is 23.5 Å². The van der Waals surface area contributed by atoms with Gasteiger partial charge in [0.15, 0.2) is 0 Å². The van der Waals surface area contributed by atoms with Crippen molar-refractivity contribution >= 4 is 23.5 Å². The number of esters is 2. The highest BCUT2D eigenvalue weighted by molar-refractivity contribution is 6.24. The third-order valence-electron chi connectivity index (χ3n) is 1.73. The Bertz CT molecular complexity index is 380. The van der Waals surface area contributed by atoms with E-state index in [1.165, 1.54) is 6.08 Å². The zero-order valence-corrected chi connectivity index (χ0v) is 9.92. The minimum atomic E-state index is -1.56. The summed E-state index contributed by atoms with van der Waals surface area (Å²) < 4.78 is 4.47. The molecule has 0 fully saturated rings. The number of carbonyl (C=O) groups excluding carboxylic acids is 2. The van der Waals surface area contributed by atoms with E-state index in [1.54, 1.807) is 6.08 Å². The van der Waals surface area contributed by atoms with Crippen LogP contribution < -0.4 is 0 Å². The first kappa shape index (κ1) is 13.4. The molecule has 0 saturated carbocycles. The van der Waals surface area contributed by atoms with Crippen LogP contribution in [0.3, 0.4) is 0 Å². The molecule has 0 saturated heterocycles. The molecule has 0 spiro atoms. The highest BCUT2D eigenvalue weighted by atomic mass is 35.5. The van der Waals surface area contributed by atoms with Crippen molar-refractivity contribution in [3.63, 3.8) is 0 Å². The maximum absolute atomic E-state index is 11.3. The summed E-state index contributed by atoms with van der Waals surface area (Å²) in [5.41, 5.74) is 0. The molecule has 1 aliphatic rings. The topological polar surface area (TPSA) is 92.8 Å². The number of halogens is 1. The van der Waals surface area contributed by atoms with E-state index in [1.807, 2.05) is 6.92 Å². The monoisotopic (exact) mass is 258 g/mol. The molecule has 92 valence electrons. The van der Waals surface area contributed by atoms with Crippen LogP contribution in [0.4, 0.5) is 0 Å². The summed E-state index contributed by atoms with van der Waals surface area (Å²) in [6.45, 7) is 1.97. The van der Waals surface area contributed by atoms with Crippen molar-refractivity contribution in [2.24, 2.45) is 20.7 Å². The van der Waals surface area contributed by atoms with Crippen molar-refractivity contribution in [3.05, 3.63) is 12.2 Å². The van der Waals surface area contributed by atoms with Gasteiger partial charge in [-0.3, -0.25) is 4.79 Å². The predicted molar refractivity (Wildman–Crippen MR) is 58.1 cm³/mol. The van der Waals surface area contributed by atoms with Gasteiger partial charge in [-0.25, -0.2) is 4.79 Å². The smallest absolute Gasteiger partial charge is 0.338 e. The van der Waals surface area contributed by atoms with E-state index in [0.717, 1.165) is 12.8 Å². The summed E-state index contributed by atoms with van der Waals surface area (Å²) in [6, 6.07) is 0. The van der Waals surface area contributed by atoms with Gasteiger partial charge in [-0.05, 0) is 16.9 Å². The average molecular weight is 259 g/mol. The molecule has 0 N–H and O–H groups in total. The van der Waals surface area contributed by atoms with Gasteiger partial charge in [0.2, 0.25) is 0 Å². The molecule has 0 radical (unpaired) electrons. The first-order valence-electron chi connectivity index (χ1n) is 5.00. The minimum absolute atomic E-state index is 0.394. The van der Waals surface area contributed by atoms with Crippen LogP contribution in [0.25, 0.3) is 0 Å². The van der Waals surface area contributed by atoms with Crippen LogP contribution in [0, 0.1) is 0 Å². The Morgan fingerprint density at radius 2 is 2.00 bits per heavy atom. The lowest BCUT2D eigenvalue weighted by molar-refractivity contribution is -0.156. The van der Waals surface area contributed by atoms with Crippen molar-refractivity contribution < 1.29 is 14.3 Å². The van der Waals surface area contributed by atoms with Crippen molar-refractivity contribution in [1.82, 2.24) is 0 Å². The number of ether oxygens (including phenoxy) is 1. The Morgan fingerprint density at radius 3 is 2.59 bits per heavy atom. The van der Waals surface area contributed by atoms with E-state index in [9.17, 15) is 9.59 Å². The number of nitrogens with zero attached hydrogens (tertiary/aromatic N) is 4. The molecule has 0 amide bonds. The number of allylic oxidation sites excluding steroid dienone is 1. The van der Waals surface area contributed by atoms with Crippen LogP contribution in [0.1, 0.15) is 26.2 Å². The number of hydrogen-bond donors (Lipinski definition) is 0. The predicted octanol–water partition coefficient (Wildman–Crippen LogP) is 2.53. The van der Waals surface area contributed by atoms with Gasteiger partial charge >= 0.3 is 11.9 Å². The highest BCUT2D eigenvalue weighted by Crippen LogP contribution is 2.28. The second kappa shape index (κ2) is 6.19. The van der Waals surface area contributed by atoms with Crippen LogP contribution in [0.5, 0.6) is 0 Å². The molecular weight excluding hydrogens is 248 g/mol. The molecule has 8 heteroatoms. The van der Waals surface area contributed by atoms with Crippen LogP contribution in [0.15, 0.2) is 32.8 Å². The molecule has 0 unspecified atom stereocenters. The molecule has 7 nitrogen and oxygen atoms in total. The average Bonchev–Trinajstić information content (AvgIpc) is 2.64. The standard InChI is InChI=1S/C9H11ClN4O3/c1-2-3-4-5-7(15)17-8(16)6-9(10)11-13-14-12-9/h4-5H,2-3,6H2,1H3. The quantitative estimate of drug-likeness (QED) is 0.249. The highest BCUT2D eigenvalue weighted by Gasteiger charge is 2.34. The van der Waals surface area contributed by atoms with Crippen molar-refractivity contribution in [2.45, 2.75) is 31.3 Å². The Balaban J connectivity index is 2.37. The first-order valence-corrected chi connectivity index (χ1v) is 5.38. The number of alkyl halides is 1. The molecule has 1 heterocycles. The zero-order chi connectivity index (χ0) is 12.7. The molecule has 0 aromatic rings.